The first-order valence-corrected chi connectivity index (χ1v) is 6.04. The summed E-state index contributed by atoms with van der Waals surface area (Å²) < 4.78 is 5.08. The van der Waals surface area contributed by atoms with Crippen LogP contribution in [0.25, 0.3) is 0 Å². The zero-order valence-corrected chi connectivity index (χ0v) is 10.8. The maximum atomic E-state index is 11.2. The van der Waals surface area contributed by atoms with E-state index in [4.69, 9.17) is 10.4 Å². The van der Waals surface area contributed by atoms with Gasteiger partial charge < -0.3 is 9.42 Å². The summed E-state index contributed by atoms with van der Waals surface area (Å²) in [6.45, 7) is 5.11. The molecule has 0 aliphatic carbocycles. The molecule has 19 heavy (non-hydrogen) atoms. The molecule has 2 heterocycles. The van der Waals surface area contributed by atoms with Crippen molar-refractivity contribution < 1.29 is 14.1 Å². The van der Waals surface area contributed by atoms with Gasteiger partial charge in [-0.15, -0.1) is 0 Å². The Morgan fingerprint density at radius 3 is 2.68 bits per heavy atom. The summed E-state index contributed by atoms with van der Waals surface area (Å²) in [6.07, 6.45) is 0. The fraction of sp³-hybridized carbons (Fsp3) is 0.545. The fourth-order valence-electron chi connectivity index (χ4n) is 2.01. The lowest BCUT2D eigenvalue weighted by atomic mass is 10.3. The number of amides is 2. The Bertz CT molecular complexity index is 465. The second-order valence-corrected chi connectivity index (χ2v) is 4.43. The van der Waals surface area contributed by atoms with Crippen molar-refractivity contribution in [3.8, 4) is 0 Å². The van der Waals surface area contributed by atoms with E-state index in [1.807, 2.05) is 10.3 Å². The van der Waals surface area contributed by atoms with Gasteiger partial charge in [0.2, 0.25) is 5.91 Å². The average Bonchev–Trinajstić information content (AvgIpc) is 2.87. The molecule has 1 fully saturated rings. The van der Waals surface area contributed by atoms with Crippen LogP contribution in [0.3, 0.4) is 0 Å². The van der Waals surface area contributed by atoms with Crippen LogP contribution in [0.2, 0.25) is 0 Å². The van der Waals surface area contributed by atoms with E-state index in [0.717, 1.165) is 13.1 Å². The van der Waals surface area contributed by atoms with Gasteiger partial charge in [-0.3, -0.25) is 19.9 Å². The molecule has 8 heteroatoms. The number of nitrogens with zero attached hydrogens (tertiary/aromatic N) is 3. The van der Waals surface area contributed by atoms with Crippen LogP contribution in [0.1, 0.15) is 23.2 Å². The number of carbonyl (C=O) groups is 2. The largest absolute Gasteiger partial charge is 0.359 e. The van der Waals surface area contributed by atoms with E-state index in [9.17, 15) is 9.59 Å². The summed E-state index contributed by atoms with van der Waals surface area (Å²) in [6, 6.07) is 1.57. The third-order valence-corrected chi connectivity index (χ3v) is 3.12. The van der Waals surface area contributed by atoms with Crippen LogP contribution in [-0.4, -0.2) is 52.9 Å². The van der Waals surface area contributed by atoms with E-state index >= 15 is 0 Å². The topological polar surface area (TPSA) is 105 Å². The second kappa shape index (κ2) is 5.81. The van der Waals surface area contributed by atoms with Gasteiger partial charge in [0, 0.05) is 39.2 Å². The summed E-state index contributed by atoms with van der Waals surface area (Å²) >= 11 is 0. The van der Waals surface area contributed by atoms with Crippen LogP contribution in [0, 0.1) is 0 Å². The molecule has 0 saturated carbocycles. The zero-order valence-electron chi connectivity index (χ0n) is 10.8. The third kappa shape index (κ3) is 3.30. The van der Waals surface area contributed by atoms with Gasteiger partial charge in [-0.2, -0.15) is 0 Å². The second-order valence-electron chi connectivity index (χ2n) is 4.43. The van der Waals surface area contributed by atoms with Crippen LogP contribution >= 0.6 is 0 Å². The monoisotopic (exact) mass is 267 g/mol. The molecule has 1 aromatic heterocycles. The van der Waals surface area contributed by atoms with E-state index in [1.54, 1.807) is 13.0 Å². The van der Waals surface area contributed by atoms with Gasteiger partial charge in [-0.1, -0.05) is 5.16 Å². The molecule has 2 rings (SSSR count). The van der Waals surface area contributed by atoms with E-state index in [2.05, 4.69) is 10.1 Å². The SMILES string of the molecule is CC(=O)N1CCN(Cc2cc(C(=O)NN)no2)CC1. The summed E-state index contributed by atoms with van der Waals surface area (Å²) in [5.74, 6) is 5.24. The molecule has 0 atom stereocenters. The molecule has 1 aromatic rings. The molecule has 0 aromatic carbocycles. The maximum Gasteiger partial charge on any atom is 0.287 e. The lowest BCUT2D eigenvalue weighted by Crippen LogP contribution is -2.47. The van der Waals surface area contributed by atoms with Crippen molar-refractivity contribution in [2.45, 2.75) is 13.5 Å². The normalized spacial score (nSPS) is 16.4. The van der Waals surface area contributed by atoms with Gasteiger partial charge in [0.25, 0.3) is 5.91 Å². The minimum Gasteiger partial charge on any atom is -0.359 e. The molecule has 0 spiro atoms. The van der Waals surface area contributed by atoms with Crippen molar-refractivity contribution >= 4 is 11.8 Å². The minimum absolute atomic E-state index is 0.0984. The van der Waals surface area contributed by atoms with Crippen molar-refractivity contribution in [1.29, 1.82) is 0 Å². The first-order valence-electron chi connectivity index (χ1n) is 6.04. The molecule has 1 saturated heterocycles. The number of nitrogens with two attached hydrogens (primary N) is 1. The highest BCUT2D eigenvalue weighted by molar-refractivity contribution is 5.91. The minimum atomic E-state index is -0.476. The summed E-state index contributed by atoms with van der Waals surface area (Å²) in [5.41, 5.74) is 2.16. The number of hydrogen-bond acceptors (Lipinski definition) is 6. The standard InChI is InChI=1S/C11H17N5O3/c1-8(17)16-4-2-15(3-5-16)7-9-6-10(14-19-9)11(18)13-12/h6H,2-5,7,12H2,1H3,(H,13,18). The molecule has 1 aliphatic rings. The number of carbonyl (C=O) groups excluding carboxylic acids is 2. The highest BCUT2D eigenvalue weighted by Gasteiger charge is 2.20. The van der Waals surface area contributed by atoms with Gasteiger partial charge >= 0.3 is 0 Å². The Kier molecular flexibility index (Phi) is 4.13. The van der Waals surface area contributed by atoms with Gasteiger partial charge in [0.15, 0.2) is 11.5 Å². The summed E-state index contributed by atoms with van der Waals surface area (Å²) in [4.78, 5) is 26.4. The number of nitrogen functional groups attached to an aromatic ring is 1. The zero-order chi connectivity index (χ0) is 13.8. The number of piperazine rings is 1. The fourth-order valence-corrected chi connectivity index (χ4v) is 2.01. The quantitative estimate of drug-likeness (QED) is 0.411. The van der Waals surface area contributed by atoms with E-state index in [-0.39, 0.29) is 11.6 Å². The highest BCUT2D eigenvalue weighted by atomic mass is 16.5. The van der Waals surface area contributed by atoms with Crippen molar-refractivity contribution in [1.82, 2.24) is 20.4 Å². The van der Waals surface area contributed by atoms with Gasteiger partial charge in [0.05, 0.1) is 6.54 Å². The molecule has 2 amide bonds. The number of aromatic nitrogens is 1. The van der Waals surface area contributed by atoms with Crippen LogP contribution in [0.4, 0.5) is 0 Å². The Morgan fingerprint density at radius 1 is 1.42 bits per heavy atom. The Labute approximate surface area is 110 Å². The lowest BCUT2D eigenvalue weighted by molar-refractivity contribution is -0.130. The lowest BCUT2D eigenvalue weighted by Gasteiger charge is -2.33. The van der Waals surface area contributed by atoms with Crippen LogP contribution < -0.4 is 11.3 Å². The van der Waals surface area contributed by atoms with E-state index < -0.39 is 5.91 Å². The molecule has 0 unspecified atom stereocenters. The molecule has 1 aliphatic heterocycles. The third-order valence-electron chi connectivity index (χ3n) is 3.12. The van der Waals surface area contributed by atoms with Crippen molar-refractivity contribution in [3.63, 3.8) is 0 Å². The van der Waals surface area contributed by atoms with E-state index in [1.165, 1.54) is 0 Å². The molecule has 0 bridgehead atoms. The van der Waals surface area contributed by atoms with Crippen molar-refractivity contribution in [2.75, 3.05) is 26.2 Å². The van der Waals surface area contributed by atoms with Gasteiger partial charge in [-0.25, -0.2) is 5.84 Å². The number of hydrogen-bond donors (Lipinski definition) is 2. The summed E-state index contributed by atoms with van der Waals surface area (Å²) in [7, 11) is 0. The van der Waals surface area contributed by atoms with Gasteiger partial charge in [-0.05, 0) is 0 Å². The first-order chi connectivity index (χ1) is 9.10. The highest BCUT2D eigenvalue weighted by Crippen LogP contribution is 2.10. The first kappa shape index (κ1) is 13.5. The van der Waals surface area contributed by atoms with Crippen LogP contribution in [0.5, 0.6) is 0 Å². The Morgan fingerprint density at radius 2 is 2.11 bits per heavy atom. The number of nitrogens with one attached hydrogen (secondary N) is 1. The molecule has 3 N–H and O–H groups in total. The molecule has 8 nitrogen and oxygen atoms in total. The predicted octanol–water partition coefficient (Wildman–Crippen LogP) is -1.06. The summed E-state index contributed by atoms with van der Waals surface area (Å²) in [5, 5.41) is 3.64. The van der Waals surface area contributed by atoms with Crippen molar-refractivity contribution in [2.24, 2.45) is 5.84 Å². The number of rotatable bonds is 3. The number of hydrazine groups is 1. The van der Waals surface area contributed by atoms with Crippen LogP contribution in [0.15, 0.2) is 10.6 Å². The van der Waals surface area contributed by atoms with E-state index in [0.29, 0.717) is 25.4 Å². The predicted molar refractivity (Wildman–Crippen MR) is 65.7 cm³/mol. The maximum absolute atomic E-state index is 11.2. The smallest absolute Gasteiger partial charge is 0.287 e. The molecule has 0 radical (unpaired) electrons. The molecular formula is C11H17N5O3. The van der Waals surface area contributed by atoms with Crippen LogP contribution in [-0.2, 0) is 11.3 Å². The Hall–Kier alpha value is -1.93. The average molecular weight is 267 g/mol. The molecule has 104 valence electrons. The molecular weight excluding hydrogens is 250 g/mol. The van der Waals surface area contributed by atoms with Gasteiger partial charge in [0.1, 0.15) is 0 Å². The van der Waals surface area contributed by atoms with Crippen molar-refractivity contribution in [3.05, 3.63) is 17.5 Å². The Balaban J connectivity index is 1.87.